The van der Waals surface area contributed by atoms with E-state index in [1.165, 1.54) is 0 Å². The lowest BCUT2D eigenvalue weighted by Crippen LogP contribution is -2.26. The van der Waals surface area contributed by atoms with Crippen molar-refractivity contribution in [3.8, 4) is 0 Å². The molecular weight excluding hydrogens is 270 g/mol. The third kappa shape index (κ3) is 5.86. The minimum atomic E-state index is -3.28. The topological polar surface area (TPSA) is 66.4 Å². The van der Waals surface area contributed by atoms with Gasteiger partial charge in [-0.2, -0.15) is 11.8 Å². The summed E-state index contributed by atoms with van der Waals surface area (Å²) in [7, 11) is -3.28. The molecule has 102 valence electrons. The van der Waals surface area contributed by atoms with Crippen LogP contribution in [0.25, 0.3) is 0 Å². The van der Waals surface area contributed by atoms with Crippen LogP contribution in [0.4, 0.5) is 0 Å². The molecule has 1 aromatic carbocycles. The van der Waals surface area contributed by atoms with Crippen molar-refractivity contribution >= 4 is 21.8 Å². The Hall–Kier alpha value is -0.560. The van der Waals surface area contributed by atoms with Crippen molar-refractivity contribution in [2.24, 2.45) is 0 Å². The maximum atomic E-state index is 11.8. The van der Waals surface area contributed by atoms with Gasteiger partial charge in [0.05, 0.1) is 12.4 Å². The summed E-state index contributed by atoms with van der Waals surface area (Å²) >= 11 is 1.70. The number of sulfonamides is 1. The van der Waals surface area contributed by atoms with E-state index in [0.717, 1.165) is 17.7 Å². The lowest BCUT2D eigenvalue weighted by atomic mass is 10.1. The lowest BCUT2D eigenvalue weighted by Gasteiger charge is -2.07. The molecule has 0 heterocycles. The second-order valence-electron chi connectivity index (χ2n) is 3.98. The molecule has 0 fully saturated rings. The molecule has 0 bridgehead atoms. The summed E-state index contributed by atoms with van der Waals surface area (Å²) in [5.41, 5.74) is 1.42. The third-order valence-electron chi connectivity index (χ3n) is 2.38. The van der Waals surface area contributed by atoms with Crippen LogP contribution in [0.2, 0.25) is 0 Å². The molecule has 0 saturated heterocycles. The van der Waals surface area contributed by atoms with Gasteiger partial charge in [0, 0.05) is 6.54 Å². The molecule has 0 aromatic heterocycles. The van der Waals surface area contributed by atoms with Crippen molar-refractivity contribution in [1.82, 2.24) is 4.72 Å². The van der Waals surface area contributed by atoms with Gasteiger partial charge in [0.2, 0.25) is 10.0 Å². The second kappa shape index (κ2) is 7.78. The average Bonchev–Trinajstić information content (AvgIpc) is 2.34. The van der Waals surface area contributed by atoms with E-state index in [1.54, 1.807) is 36.0 Å². The smallest absolute Gasteiger partial charge is 0.215 e. The second-order valence-corrected chi connectivity index (χ2v) is 6.77. The van der Waals surface area contributed by atoms with Crippen LogP contribution >= 0.6 is 11.8 Å². The average molecular weight is 289 g/mol. The molecule has 0 radical (unpaired) electrons. The molecule has 0 aliphatic rings. The number of rotatable bonds is 8. The largest absolute Gasteiger partial charge is 0.392 e. The normalized spacial score (nSPS) is 11.7. The van der Waals surface area contributed by atoms with E-state index in [-0.39, 0.29) is 12.4 Å². The molecule has 0 amide bonds. The van der Waals surface area contributed by atoms with Gasteiger partial charge in [-0.05, 0) is 29.6 Å². The number of benzene rings is 1. The Morgan fingerprint density at radius 2 is 2.06 bits per heavy atom. The van der Waals surface area contributed by atoms with Crippen LogP contribution in [0.15, 0.2) is 24.3 Å². The van der Waals surface area contributed by atoms with Gasteiger partial charge in [0.25, 0.3) is 0 Å². The first-order valence-corrected chi connectivity index (χ1v) is 8.77. The molecule has 1 rings (SSSR count). The summed E-state index contributed by atoms with van der Waals surface area (Å²) in [6.07, 6.45) is 2.83. The van der Waals surface area contributed by atoms with Gasteiger partial charge in [0.1, 0.15) is 0 Å². The van der Waals surface area contributed by atoms with Crippen molar-refractivity contribution < 1.29 is 13.5 Å². The molecular formula is C12H19NO3S2. The van der Waals surface area contributed by atoms with E-state index in [2.05, 4.69) is 4.72 Å². The molecule has 0 saturated carbocycles. The fourth-order valence-corrected chi connectivity index (χ4v) is 3.14. The molecule has 6 heteroatoms. The highest BCUT2D eigenvalue weighted by molar-refractivity contribution is 7.98. The van der Waals surface area contributed by atoms with Crippen LogP contribution in [0.5, 0.6) is 0 Å². The molecule has 0 aliphatic heterocycles. The Bertz CT molecular complexity index is 460. The summed E-state index contributed by atoms with van der Waals surface area (Å²) in [4.78, 5) is 0. The monoisotopic (exact) mass is 289 g/mol. The highest BCUT2D eigenvalue weighted by Crippen LogP contribution is 2.08. The Kier molecular flexibility index (Phi) is 6.70. The van der Waals surface area contributed by atoms with Crippen LogP contribution in [0.1, 0.15) is 17.5 Å². The van der Waals surface area contributed by atoms with E-state index in [1.807, 2.05) is 6.26 Å². The number of thioether (sulfide) groups is 1. The van der Waals surface area contributed by atoms with Gasteiger partial charge in [-0.3, -0.25) is 0 Å². The van der Waals surface area contributed by atoms with Crippen molar-refractivity contribution in [2.75, 3.05) is 18.6 Å². The molecule has 0 spiro atoms. The Morgan fingerprint density at radius 1 is 1.33 bits per heavy atom. The van der Waals surface area contributed by atoms with Crippen molar-refractivity contribution in [3.05, 3.63) is 35.4 Å². The van der Waals surface area contributed by atoms with Gasteiger partial charge >= 0.3 is 0 Å². The quantitative estimate of drug-likeness (QED) is 0.709. The Labute approximate surface area is 113 Å². The van der Waals surface area contributed by atoms with Gasteiger partial charge in [0.15, 0.2) is 0 Å². The van der Waals surface area contributed by atoms with Crippen LogP contribution < -0.4 is 4.72 Å². The summed E-state index contributed by atoms with van der Waals surface area (Å²) in [5, 5.41) is 8.99. The third-order valence-corrected chi connectivity index (χ3v) is 4.43. The van der Waals surface area contributed by atoms with Gasteiger partial charge in [-0.25, -0.2) is 13.1 Å². The van der Waals surface area contributed by atoms with Gasteiger partial charge < -0.3 is 5.11 Å². The molecule has 0 aliphatic carbocycles. The minimum absolute atomic E-state index is 0.0416. The Morgan fingerprint density at radius 3 is 2.72 bits per heavy atom. The molecule has 0 unspecified atom stereocenters. The highest BCUT2D eigenvalue weighted by atomic mass is 32.2. The standard InChI is InChI=1S/C12H19NO3S2/c1-17-7-3-6-13-18(15,16)10-12-5-2-4-11(8-12)9-14/h2,4-5,8,13-14H,3,6-7,9-10H2,1H3. The SMILES string of the molecule is CSCCCNS(=O)(=O)Cc1cccc(CO)c1. The van der Waals surface area contributed by atoms with E-state index < -0.39 is 10.0 Å². The molecule has 1 aromatic rings. The number of aliphatic hydroxyl groups excluding tert-OH is 1. The van der Waals surface area contributed by atoms with Crippen molar-refractivity contribution in [1.29, 1.82) is 0 Å². The van der Waals surface area contributed by atoms with E-state index in [4.69, 9.17) is 5.11 Å². The van der Waals surface area contributed by atoms with Gasteiger partial charge in [-0.15, -0.1) is 0 Å². The fraction of sp³-hybridized carbons (Fsp3) is 0.500. The number of hydrogen-bond acceptors (Lipinski definition) is 4. The number of nitrogens with one attached hydrogen (secondary N) is 1. The van der Waals surface area contributed by atoms with E-state index in [9.17, 15) is 8.42 Å². The van der Waals surface area contributed by atoms with Crippen LogP contribution in [0, 0.1) is 0 Å². The van der Waals surface area contributed by atoms with Crippen molar-refractivity contribution in [2.45, 2.75) is 18.8 Å². The maximum Gasteiger partial charge on any atom is 0.215 e. The zero-order chi connectivity index (χ0) is 13.4. The highest BCUT2D eigenvalue weighted by Gasteiger charge is 2.10. The summed E-state index contributed by atoms with van der Waals surface area (Å²) in [5.74, 6) is 0.905. The van der Waals surface area contributed by atoms with Gasteiger partial charge in [-0.1, -0.05) is 24.3 Å². The molecule has 2 N–H and O–H groups in total. The molecule has 0 atom stereocenters. The lowest BCUT2D eigenvalue weighted by molar-refractivity contribution is 0.282. The Balaban J connectivity index is 2.53. The fourth-order valence-electron chi connectivity index (χ4n) is 1.53. The van der Waals surface area contributed by atoms with Crippen LogP contribution in [0.3, 0.4) is 0 Å². The van der Waals surface area contributed by atoms with Crippen molar-refractivity contribution in [3.63, 3.8) is 0 Å². The van der Waals surface area contributed by atoms with E-state index >= 15 is 0 Å². The minimum Gasteiger partial charge on any atom is -0.392 e. The number of hydrogen-bond donors (Lipinski definition) is 2. The first-order valence-electron chi connectivity index (χ1n) is 5.72. The van der Waals surface area contributed by atoms with Crippen LogP contribution in [-0.2, 0) is 22.4 Å². The number of aliphatic hydroxyl groups is 1. The van der Waals surface area contributed by atoms with Crippen LogP contribution in [-0.4, -0.2) is 32.1 Å². The zero-order valence-corrected chi connectivity index (χ0v) is 12.1. The predicted molar refractivity (Wildman–Crippen MR) is 76.0 cm³/mol. The molecule has 18 heavy (non-hydrogen) atoms. The summed E-state index contributed by atoms with van der Waals surface area (Å²) in [6.45, 7) is 0.401. The molecule has 4 nitrogen and oxygen atoms in total. The summed E-state index contributed by atoms with van der Waals surface area (Å²) < 4.78 is 26.1. The summed E-state index contributed by atoms with van der Waals surface area (Å²) in [6, 6.07) is 6.98. The zero-order valence-electron chi connectivity index (χ0n) is 10.4. The van der Waals surface area contributed by atoms with E-state index in [0.29, 0.717) is 12.1 Å². The first-order chi connectivity index (χ1) is 8.57. The maximum absolute atomic E-state index is 11.8. The first kappa shape index (κ1) is 15.5. The predicted octanol–water partition coefficient (Wildman–Crippen LogP) is 1.35.